The van der Waals surface area contributed by atoms with E-state index in [1.54, 1.807) is 48.7 Å². The molecule has 1 aliphatic rings. The number of halogens is 3. The number of nitrogens with one attached hydrogen (secondary N) is 2. The molecule has 6 nitrogen and oxygen atoms in total. The Labute approximate surface area is 174 Å². The fourth-order valence-electron chi connectivity index (χ4n) is 3.45. The van der Waals surface area contributed by atoms with Crippen LogP contribution in [0.25, 0.3) is 0 Å². The van der Waals surface area contributed by atoms with Gasteiger partial charge in [-0.2, -0.15) is 18.3 Å². The van der Waals surface area contributed by atoms with E-state index in [1.165, 1.54) is 11.3 Å². The summed E-state index contributed by atoms with van der Waals surface area (Å²) in [5, 5.41) is 21.0. The van der Waals surface area contributed by atoms with Gasteiger partial charge in [0.1, 0.15) is 11.4 Å². The fraction of sp³-hybridized carbons (Fsp3) is 0.300. The van der Waals surface area contributed by atoms with Crippen molar-refractivity contribution in [3.63, 3.8) is 0 Å². The number of hydrogen-bond acceptors (Lipinski definition) is 5. The molecule has 3 atom stereocenters. The third kappa shape index (κ3) is 3.92. The third-order valence-corrected chi connectivity index (χ3v) is 6.01. The molecule has 3 unspecified atom stereocenters. The van der Waals surface area contributed by atoms with Crippen LogP contribution in [0.5, 0.6) is 0 Å². The standard InChI is InChI=1S/C20H19F3N4O2S/c1-11(28)12-4-6-13(7-5-12)25-19(29)14-10-24-27-17(20(21,22)23)9-15(26-18(14)27)16-3-2-8-30-16/h2-8,10-11,15,17,26,28H,9H2,1H3,(H,25,29). The number of anilines is 2. The molecular formula is C20H19F3N4O2S. The lowest BCUT2D eigenvalue weighted by Gasteiger charge is -2.33. The number of aliphatic hydroxyl groups excluding tert-OH is 1. The number of nitrogens with zero attached hydrogens (tertiary/aromatic N) is 2. The molecule has 1 amide bonds. The first-order valence-corrected chi connectivity index (χ1v) is 10.2. The van der Waals surface area contributed by atoms with E-state index >= 15 is 0 Å². The van der Waals surface area contributed by atoms with Gasteiger partial charge in [-0.3, -0.25) is 4.79 Å². The Morgan fingerprint density at radius 2 is 2.07 bits per heavy atom. The van der Waals surface area contributed by atoms with E-state index < -0.39 is 30.3 Å². The number of fused-ring (bicyclic) bond motifs is 1. The normalized spacial score (nSPS) is 19.6. The molecular weight excluding hydrogens is 417 g/mol. The number of carbonyl (C=O) groups is 1. The van der Waals surface area contributed by atoms with Crippen molar-refractivity contribution in [1.82, 2.24) is 9.78 Å². The molecule has 0 spiro atoms. The predicted octanol–water partition coefficient (Wildman–Crippen LogP) is 4.91. The van der Waals surface area contributed by atoms with Crippen LogP contribution < -0.4 is 10.6 Å². The number of benzene rings is 1. The highest BCUT2D eigenvalue weighted by Crippen LogP contribution is 2.45. The highest BCUT2D eigenvalue weighted by molar-refractivity contribution is 7.10. The zero-order valence-corrected chi connectivity index (χ0v) is 16.7. The van der Waals surface area contributed by atoms with Gasteiger partial charge in [-0.15, -0.1) is 11.3 Å². The molecule has 3 N–H and O–H groups in total. The van der Waals surface area contributed by atoms with Crippen molar-refractivity contribution in [1.29, 1.82) is 0 Å². The molecule has 2 aromatic heterocycles. The van der Waals surface area contributed by atoms with Crippen molar-refractivity contribution in [3.05, 3.63) is 64.0 Å². The monoisotopic (exact) mass is 436 g/mol. The van der Waals surface area contributed by atoms with Gasteiger partial charge in [0.05, 0.1) is 18.3 Å². The summed E-state index contributed by atoms with van der Waals surface area (Å²) < 4.78 is 41.9. The third-order valence-electron chi connectivity index (χ3n) is 5.02. The summed E-state index contributed by atoms with van der Waals surface area (Å²) in [5.41, 5.74) is 1.18. The lowest BCUT2D eigenvalue weighted by atomic mass is 10.0. The van der Waals surface area contributed by atoms with Crippen LogP contribution in [-0.2, 0) is 0 Å². The van der Waals surface area contributed by atoms with Gasteiger partial charge < -0.3 is 15.7 Å². The number of carbonyl (C=O) groups excluding carboxylic acids is 1. The maximum absolute atomic E-state index is 13.7. The second-order valence-electron chi connectivity index (χ2n) is 7.11. The van der Waals surface area contributed by atoms with E-state index in [4.69, 9.17) is 0 Å². The number of thiophene rings is 1. The van der Waals surface area contributed by atoms with Crippen molar-refractivity contribution in [2.75, 3.05) is 10.6 Å². The van der Waals surface area contributed by atoms with Gasteiger partial charge >= 0.3 is 6.18 Å². The Morgan fingerprint density at radius 3 is 2.67 bits per heavy atom. The van der Waals surface area contributed by atoms with Gasteiger partial charge in [-0.25, -0.2) is 4.68 Å². The number of aliphatic hydroxyl groups is 1. The van der Waals surface area contributed by atoms with Gasteiger partial charge in [-0.05, 0) is 36.1 Å². The first-order valence-electron chi connectivity index (χ1n) is 9.27. The van der Waals surface area contributed by atoms with Gasteiger partial charge in [-0.1, -0.05) is 18.2 Å². The molecule has 158 valence electrons. The average molecular weight is 436 g/mol. The fourth-order valence-corrected chi connectivity index (χ4v) is 4.24. The number of rotatable bonds is 4. The second kappa shape index (κ2) is 7.77. The molecule has 0 saturated carbocycles. The molecule has 30 heavy (non-hydrogen) atoms. The molecule has 3 aromatic rings. The molecule has 0 radical (unpaired) electrons. The quantitative estimate of drug-likeness (QED) is 0.543. The van der Waals surface area contributed by atoms with Gasteiger partial charge in [0.2, 0.25) is 0 Å². The van der Waals surface area contributed by atoms with Gasteiger partial charge in [0, 0.05) is 17.0 Å². The number of amides is 1. The zero-order valence-electron chi connectivity index (χ0n) is 15.8. The predicted molar refractivity (Wildman–Crippen MR) is 108 cm³/mol. The average Bonchev–Trinajstić information content (AvgIpc) is 3.36. The Kier molecular flexibility index (Phi) is 5.29. The van der Waals surface area contributed by atoms with Crippen molar-refractivity contribution in [3.8, 4) is 0 Å². The first kappa shape index (κ1) is 20.4. The van der Waals surface area contributed by atoms with Crippen molar-refractivity contribution >= 4 is 28.7 Å². The molecule has 0 fully saturated rings. The minimum atomic E-state index is -4.50. The summed E-state index contributed by atoms with van der Waals surface area (Å²) in [6.45, 7) is 1.62. The zero-order chi connectivity index (χ0) is 21.5. The van der Waals surface area contributed by atoms with E-state index in [0.29, 0.717) is 11.3 Å². The van der Waals surface area contributed by atoms with Crippen LogP contribution in [0.1, 0.15) is 52.3 Å². The summed E-state index contributed by atoms with van der Waals surface area (Å²) in [5.74, 6) is -0.527. The molecule has 10 heteroatoms. The highest BCUT2D eigenvalue weighted by Gasteiger charge is 2.47. The summed E-state index contributed by atoms with van der Waals surface area (Å²) in [4.78, 5) is 13.5. The van der Waals surface area contributed by atoms with Crippen molar-refractivity contribution in [2.24, 2.45) is 0 Å². The largest absolute Gasteiger partial charge is 0.410 e. The van der Waals surface area contributed by atoms with Crippen molar-refractivity contribution < 1.29 is 23.1 Å². The van der Waals surface area contributed by atoms with Crippen LogP contribution in [0, 0.1) is 0 Å². The number of hydrogen-bond donors (Lipinski definition) is 3. The lowest BCUT2D eigenvalue weighted by molar-refractivity contribution is -0.173. The van der Waals surface area contributed by atoms with E-state index in [0.717, 1.165) is 15.8 Å². The first-order chi connectivity index (χ1) is 14.2. The molecule has 0 saturated heterocycles. The maximum atomic E-state index is 13.7. The minimum Gasteiger partial charge on any atom is -0.389 e. The summed E-state index contributed by atoms with van der Waals surface area (Å²) in [6, 6.07) is 7.72. The second-order valence-corrected chi connectivity index (χ2v) is 8.09. The van der Waals surface area contributed by atoms with Crippen molar-refractivity contribution in [2.45, 2.75) is 37.7 Å². The Morgan fingerprint density at radius 1 is 1.33 bits per heavy atom. The Balaban J connectivity index is 1.63. The number of alkyl halides is 3. The molecule has 4 rings (SSSR count). The Bertz CT molecular complexity index is 1030. The van der Waals surface area contributed by atoms with Crippen LogP contribution >= 0.6 is 11.3 Å². The van der Waals surface area contributed by atoms with Crippen LogP contribution in [0.15, 0.2) is 48.0 Å². The summed E-state index contributed by atoms with van der Waals surface area (Å²) >= 11 is 1.36. The molecule has 1 aliphatic heterocycles. The maximum Gasteiger partial charge on any atom is 0.410 e. The Hall–Kier alpha value is -2.85. The lowest BCUT2D eigenvalue weighted by Crippen LogP contribution is -2.36. The van der Waals surface area contributed by atoms with E-state index in [-0.39, 0.29) is 17.8 Å². The molecule has 3 heterocycles. The van der Waals surface area contributed by atoms with E-state index in [1.807, 2.05) is 0 Å². The van der Waals surface area contributed by atoms with Gasteiger partial charge in [0.25, 0.3) is 5.91 Å². The summed E-state index contributed by atoms with van der Waals surface area (Å²) in [7, 11) is 0. The topological polar surface area (TPSA) is 79.2 Å². The SMILES string of the molecule is CC(O)c1ccc(NC(=O)c2cnn3c2NC(c2cccs2)CC3C(F)(F)F)cc1. The smallest absolute Gasteiger partial charge is 0.389 e. The molecule has 0 aliphatic carbocycles. The van der Waals surface area contributed by atoms with Crippen LogP contribution in [0.3, 0.4) is 0 Å². The molecule has 1 aromatic carbocycles. The minimum absolute atomic E-state index is 0.0325. The van der Waals surface area contributed by atoms with Gasteiger partial charge in [0.15, 0.2) is 6.04 Å². The van der Waals surface area contributed by atoms with E-state index in [9.17, 15) is 23.1 Å². The van der Waals surface area contributed by atoms with E-state index in [2.05, 4.69) is 15.7 Å². The molecule has 0 bridgehead atoms. The highest BCUT2D eigenvalue weighted by atomic mass is 32.1. The van der Waals surface area contributed by atoms with Crippen LogP contribution in [-0.4, -0.2) is 27.0 Å². The number of aromatic nitrogens is 2. The van der Waals surface area contributed by atoms with Crippen LogP contribution in [0.4, 0.5) is 24.7 Å². The van der Waals surface area contributed by atoms with Crippen LogP contribution in [0.2, 0.25) is 0 Å². The summed E-state index contributed by atoms with van der Waals surface area (Å²) in [6.07, 6.45) is -4.20.